The maximum absolute atomic E-state index is 11.9. The molecule has 1 saturated heterocycles. The van der Waals surface area contributed by atoms with Gasteiger partial charge in [0.25, 0.3) is 5.91 Å². The van der Waals surface area contributed by atoms with Gasteiger partial charge in [-0.1, -0.05) is 22.0 Å². The number of amides is 1. The lowest BCUT2D eigenvalue weighted by Crippen LogP contribution is -2.19. The van der Waals surface area contributed by atoms with Crippen LogP contribution in [-0.4, -0.2) is 11.1 Å². The summed E-state index contributed by atoms with van der Waals surface area (Å²) in [6, 6.07) is 11.1. The molecule has 0 bridgehead atoms. The number of hydrogen-bond acceptors (Lipinski definition) is 4. The van der Waals surface area contributed by atoms with Gasteiger partial charge >= 0.3 is 0 Å². The van der Waals surface area contributed by atoms with Crippen molar-refractivity contribution >= 4 is 66.5 Å². The van der Waals surface area contributed by atoms with Crippen molar-refractivity contribution in [2.24, 2.45) is 4.99 Å². The molecule has 1 aliphatic heterocycles. The second-order valence-electron chi connectivity index (χ2n) is 4.10. The molecule has 7 heteroatoms. The minimum absolute atomic E-state index is 0.179. The average Bonchev–Trinajstić information content (AvgIpc) is 2.97. The van der Waals surface area contributed by atoms with Crippen LogP contribution >= 0.6 is 43.6 Å². The van der Waals surface area contributed by atoms with Crippen LogP contribution in [0.1, 0.15) is 5.76 Å². The summed E-state index contributed by atoms with van der Waals surface area (Å²) in [7, 11) is 0. The fourth-order valence-corrected chi connectivity index (χ4v) is 3.21. The molecule has 2 heterocycles. The molecule has 106 valence electrons. The van der Waals surface area contributed by atoms with Gasteiger partial charge in [0.15, 0.2) is 9.84 Å². The van der Waals surface area contributed by atoms with Crippen molar-refractivity contribution in [3.8, 4) is 0 Å². The standard InChI is InChI=1S/C14H8Br2N2O2S/c15-8-2-1-3-9(6-8)17-14-18-13(19)11(21-14)7-10-4-5-12(16)20-10/h1-7H,(H,17,18,19)/b11-7-. The van der Waals surface area contributed by atoms with Crippen LogP contribution in [0.2, 0.25) is 0 Å². The first-order valence-electron chi connectivity index (χ1n) is 5.91. The molecule has 4 nitrogen and oxygen atoms in total. The van der Waals surface area contributed by atoms with Crippen LogP contribution in [0.15, 0.2) is 59.9 Å². The fourth-order valence-electron chi connectivity index (χ4n) is 1.68. The number of aliphatic imine (C=N–C) groups is 1. The lowest BCUT2D eigenvalue weighted by molar-refractivity contribution is -0.115. The fraction of sp³-hybridized carbons (Fsp3) is 0. The van der Waals surface area contributed by atoms with Crippen molar-refractivity contribution in [3.05, 3.63) is 56.2 Å². The van der Waals surface area contributed by atoms with Crippen molar-refractivity contribution < 1.29 is 9.21 Å². The Morgan fingerprint density at radius 2 is 2.10 bits per heavy atom. The number of hydrogen-bond donors (Lipinski definition) is 1. The van der Waals surface area contributed by atoms with Gasteiger partial charge in [0.05, 0.1) is 10.6 Å². The number of carbonyl (C=O) groups excluding carboxylic acids is 1. The van der Waals surface area contributed by atoms with E-state index in [1.165, 1.54) is 11.8 Å². The molecule has 1 amide bonds. The van der Waals surface area contributed by atoms with Gasteiger partial charge in [0, 0.05) is 10.5 Å². The minimum atomic E-state index is -0.179. The number of thioether (sulfide) groups is 1. The molecule has 21 heavy (non-hydrogen) atoms. The van der Waals surface area contributed by atoms with E-state index in [-0.39, 0.29) is 5.91 Å². The summed E-state index contributed by atoms with van der Waals surface area (Å²) in [5.41, 5.74) is 0.772. The van der Waals surface area contributed by atoms with E-state index >= 15 is 0 Å². The summed E-state index contributed by atoms with van der Waals surface area (Å²) in [5.74, 6) is 0.435. The largest absolute Gasteiger partial charge is 0.450 e. The zero-order valence-corrected chi connectivity index (χ0v) is 14.5. The van der Waals surface area contributed by atoms with Crippen LogP contribution in [0.25, 0.3) is 6.08 Å². The number of rotatable bonds is 2. The topological polar surface area (TPSA) is 54.6 Å². The van der Waals surface area contributed by atoms with E-state index in [1.807, 2.05) is 24.3 Å². The molecule has 0 radical (unpaired) electrons. The highest BCUT2D eigenvalue weighted by molar-refractivity contribution is 9.10. The van der Waals surface area contributed by atoms with E-state index < -0.39 is 0 Å². The van der Waals surface area contributed by atoms with Crippen molar-refractivity contribution in [3.63, 3.8) is 0 Å². The molecule has 0 aliphatic carbocycles. The molecule has 1 aliphatic rings. The van der Waals surface area contributed by atoms with E-state index in [0.717, 1.165) is 10.2 Å². The molecular formula is C14H8Br2N2O2S. The van der Waals surface area contributed by atoms with Crippen LogP contribution in [0, 0.1) is 0 Å². The predicted octanol–water partition coefficient (Wildman–Crippen LogP) is 4.70. The quantitative estimate of drug-likeness (QED) is 0.707. The number of nitrogens with zero attached hydrogens (tertiary/aromatic N) is 1. The van der Waals surface area contributed by atoms with E-state index in [9.17, 15) is 4.79 Å². The Labute approximate surface area is 142 Å². The second-order valence-corrected chi connectivity index (χ2v) is 6.83. The molecule has 0 spiro atoms. The first-order chi connectivity index (χ1) is 10.1. The first kappa shape index (κ1) is 14.6. The molecule has 1 aromatic carbocycles. The Hall–Kier alpha value is -1.31. The van der Waals surface area contributed by atoms with Gasteiger partial charge in [-0.05, 0) is 58.0 Å². The summed E-state index contributed by atoms with van der Waals surface area (Å²) in [5, 5.41) is 3.29. The zero-order valence-electron chi connectivity index (χ0n) is 10.5. The number of nitrogens with one attached hydrogen (secondary N) is 1. The van der Waals surface area contributed by atoms with E-state index in [1.54, 1.807) is 18.2 Å². The molecule has 0 saturated carbocycles. The molecule has 3 rings (SSSR count). The number of amidine groups is 1. The Morgan fingerprint density at radius 1 is 1.24 bits per heavy atom. The summed E-state index contributed by atoms with van der Waals surface area (Å²) < 4.78 is 6.93. The molecule has 2 aromatic rings. The molecule has 1 fully saturated rings. The monoisotopic (exact) mass is 426 g/mol. The first-order valence-corrected chi connectivity index (χ1v) is 8.31. The molecule has 0 atom stereocenters. The van der Waals surface area contributed by atoms with E-state index in [4.69, 9.17) is 4.42 Å². The number of furan rings is 1. The van der Waals surface area contributed by atoms with Crippen molar-refractivity contribution in [1.29, 1.82) is 0 Å². The number of halogens is 2. The summed E-state index contributed by atoms with van der Waals surface area (Å²) in [6.45, 7) is 0. The average molecular weight is 428 g/mol. The van der Waals surface area contributed by atoms with Crippen LogP contribution in [0.4, 0.5) is 5.69 Å². The highest BCUT2D eigenvalue weighted by atomic mass is 79.9. The van der Waals surface area contributed by atoms with Gasteiger partial charge in [-0.15, -0.1) is 0 Å². The Bertz CT molecular complexity index is 768. The van der Waals surface area contributed by atoms with Crippen molar-refractivity contribution in [2.45, 2.75) is 0 Å². The van der Waals surface area contributed by atoms with E-state index in [2.05, 4.69) is 42.2 Å². The summed E-state index contributed by atoms with van der Waals surface area (Å²) in [4.78, 5) is 16.9. The smallest absolute Gasteiger partial charge is 0.264 e. The Morgan fingerprint density at radius 3 is 2.81 bits per heavy atom. The van der Waals surface area contributed by atoms with Gasteiger partial charge < -0.3 is 9.73 Å². The van der Waals surface area contributed by atoms with Crippen LogP contribution < -0.4 is 5.32 Å². The third-order valence-corrected chi connectivity index (χ3v) is 4.39. The summed E-state index contributed by atoms with van der Waals surface area (Å²) >= 11 is 7.90. The lowest BCUT2D eigenvalue weighted by atomic mass is 10.3. The van der Waals surface area contributed by atoms with E-state index in [0.29, 0.717) is 20.5 Å². The zero-order chi connectivity index (χ0) is 14.8. The molecule has 1 aromatic heterocycles. The van der Waals surface area contributed by atoms with Gasteiger partial charge in [-0.2, -0.15) is 0 Å². The van der Waals surface area contributed by atoms with Crippen molar-refractivity contribution in [2.75, 3.05) is 0 Å². The van der Waals surface area contributed by atoms with Gasteiger partial charge in [-0.3, -0.25) is 4.79 Å². The highest BCUT2D eigenvalue weighted by Gasteiger charge is 2.24. The SMILES string of the molecule is O=C1NC(=Nc2cccc(Br)c2)S/C1=C\c1ccc(Br)o1. The normalized spacial score (nSPS) is 18.5. The van der Waals surface area contributed by atoms with Crippen LogP contribution in [0.5, 0.6) is 0 Å². The number of carbonyl (C=O) groups is 1. The Balaban J connectivity index is 1.83. The predicted molar refractivity (Wildman–Crippen MR) is 91.4 cm³/mol. The molecule has 0 unspecified atom stereocenters. The van der Waals surface area contributed by atoms with Crippen molar-refractivity contribution in [1.82, 2.24) is 5.32 Å². The second kappa shape index (κ2) is 6.21. The molecule has 1 N–H and O–H groups in total. The van der Waals surface area contributed by atoms with Gasteiger partial charge in [-0.25, -0.2) is 4.99 Å². The number of benzene rings is 1. The maximum Gasteiger partial charge on any atom is 0.264 e. The third-order valence-electron chi connectivity index (χ3n) is 2.56. The third kappa shape index (κ3) is 3.66. The lowest BCUT2D eigenvalue weighted by Gasteiger charge is -1.96. The molecular weight excluding hydrogens is 420 g/mol. The van der Waals surface area contributed by atoms with Crippen LogP contribution in [-0.2, 0) is 4.79 Å². The van der Waals surface area contributed by atoms with Gasteiger partial charge in [0.1, 0.15) is 5.76 Å². The summed E-state index contributed by atoms with van der Waals surface area (Å²) in [6.07, 6.45) is 1.69. The minimum Gasteiger partial charge on any atom is -0.450 e. The van der Waals surface area contributed by atoms with Gasteiger partial charge in [0.2, 0.25) is 0 Å². The maximum atomic E-state index is 11.9. The Kier molecular flexibility index (Phi) is 4.32. The highest BCUT2D eigenvalue weighted by Crippen LogP contribution is 2.29. The van der Waals surface area contributed by atoms with Crippen LogP contribution in [0.3, 0.4) is 0 Å².